The summed E-state index contributed by atoms with van der Waals surface area (Å²) in [7, 11) is 1.50. The van der Waals surface area contributed by atoms with Gasteiger partial charge in [0.25, 0.3) is 5.91 Å². The number of rotatable bonds is 8. The van der Waals surface area contributed by atoms with Crippen molar-refractivity contribution in [1.29, 1.82) is 0 Å². The third kappa shape index (κ3) is 5.62. The second-order valence-electron chi connectivity index (χ2n) is 10.7. The summed E-state index contributed by atoms with van der Waals surface area (Å²) in [5, 5.41) is 20.1. The number of nitrogens with zero attached hydrogens (tertiary/aromatic N) is 4. The summed E-state index contributed by atoms with van der Waals surface area (Å²) >= 11 is 0. The first-order chi connectivity index (χ1) is 20.7. The van der Waals surface area contributed by atoms with E-state index >= 15 is 0 Å². The lowest BCUT2D eigenvalue weighted by atomic mass is 9.90. The Bertz CT molecular complexity index is 1620. The van der Waals surface area contributed by atoms with Crippen molar-refractivity contribution in [3.8, 4) is 11.1 Å². The van der Waals surface area contributed by atoms with Gasteiger partial charge in [0.2, 0.25) is 11.8 Å². The molecule has 0 bridgehead atoms. The number of benzene rings is 2. The highest BCUT2D eigenvalue weighted by Crippen LogP contribution is 2.47. The number of alkyl halides is 3. The molecule has 2 aliphatic rings. The molecule has 1 aromatic heterocycles. The number of likely N-dealkylation sites (N-methyl/N-ethyl adjacent to an activating group) is 1. The van der Waals surface area contributed by atoms with Gasteiger partial charge in [-0.05, 0) is 47.4 Å². The Morgan fingerprint density at radius 3 is 2.52 bits per heavy atom. The zero-order valence-electron chi connectivity index (χ0n) is 23.6. The summed E-state index contributed by atoms with van der Waals surface area (Å²) in [6.45, 7) is -0.760. The molecule has 0 saturated carbocycles. The summed E-state index contributed by atoms with van der Waals surface area (Å²) in [4.78, 5) is 52.7. The van der Waals surface area contributed by atoms with Crippen LogP contribution in [0.4, 0.5) is 22.4 Å². The number of halogens is 4. The van der Waals surface area contributed by atoms with E-state index in [1.54, 1.807) is 24.4 Å². The van der Waals surface area contributed by atoms with Gasteiger partial charge in [0.1, 0.15) is 30.5 Å². The minimum Gasteiger partial charge on any atom is -0.388 e. The van der Waals surface area contributed by atoms with Crippen molar-refractivity contribution in [1.82, 2.24) is 30.2 Å². The van der Waals surface area contributed by atoms with E-state index in [4.69, 9.17) is 0 Å². The van der Waals surface area contributed by atoms with E-state index < -0.39 is 60.6 Å². The van der Waals surface area contributed by atoms with Crippen molar-refractivity contribution >= 4 is 23.8 Å². The lowest BCUT2D eigenvalue weighted by molar-refractivity contribution is -0.187. The topological polar surface area (TPSA) is 137 Å². The molecule has 1 fully saturated rings. The number of imide groups is 1. The molecule has 1 spiro atoms. The van der Waals surface area contributed by atoms with Gasteiger partial charge in [-0.3, -0.25) is 24.0 Å². The van der Waals surface area contributed by atoms with Crippen LogP contribution in [-0.4, -0.2) is 74.3 Å². The number of hydrogen-bond acceptors (Lipinski definition) is 6. The van der Waals surface area contributed by atoms with Crippen LogP contribution in [0.2, 0.25) is 0 Å². The van der Waals surface area contributed by atoms with Crippen LogP contribution in [0, 0.1) is 5.82 Å². The van der Waals surface area contributed by atoms with E-state index in [0.717, 1.165) is 19.1 Å². The number of carbonyl (C=O) groups is 4. The average molecular weight is 617 g/mol. The first-order valence-corrected chi connectivity index (χ1v) is 13.5. The Balaban J connectivity index is 1.39. The maximum Gasteiger partial charge on any atom is 0.408 e. The van der Waals surface area contributed by atoms with E-state index in [2.05, 4.69) is 15.7 Å². The molecule has 15 heteroatoms. The van der Waals surface area contributed by atoms with Crippen molar-refractivity contribution in [2.24, 2.45) is 0 Å². The average Bonchev–Trinajstić information content (AvgIpc) is 3.62. The van der Waals surface area contributed by atoms with Crippen molar-refractivity contribution in [3.05, 3.63) is 77.4 Å². The van der Waals surface area contributed by atoms with E-state index in [9.17, 15) is 41.8 Å². The lowest BCUT2D eigenvalue weighted by Gasteiger charge is -2.32. The molecule has 2 aromatic carbocycles. The summed E-state index contributed by atoms with van der Waals surface area (Å²) in [6, 6.07) is 6.10. The fraction of sp³-hybridized carbons (Fsp3) is 0.345. The van der Waals surface area contributed by atoms with Crippen LogP contribution < -0.4 is 10.6 Å². The fourth-order valence-electron chi connectivity index (χ4n) is 5.46. The monoisotopic (exact) mass is 616 g/mol. The third-order valence-corrected chi connectivity index (χ3v) is 7.92. The Labute approximate surface area is 248 Å². The summed E-state index contributed by atoms with van der Waals surface area (Å²) in [5.74, 6) is -2.90. The molecule has 1 unspecified atom stereocenters. The first-order valence-electron chi connectivity index (χ1n) is 13.5. The van der Waals surface area contributed by atoms with Gasteiger partial charge < -0.3 is 20.6 Å². The number of aliphatic hydroxyl groups excluding tert-OH is 1. The maximum absolute atomic E-state index is 13.7. The van der Waals surface area contributed by atoms with Crippen LogP contribution >= 0.6 is 0 Å². The van der Waals surface area contributed by atoms with Crippen molar-refractivity contribution in [2.45, 2.75) is 50.3 Å². The molecule has 5 rings (SSSR count). The molecular formula is C29H28F4N6O5. The maximum atomic E-state index is 13.7. The number of aliphatic hydroxyl groups is 1. The highest BCUT2D eigenvalue weighted by atomic mass is 19.4. The largest absolute Gasteiger partial charge is 0.408 e. The van der Waals surface area contributed by atoms with Crippen LogP contribution in [0.3, 0.4) is 0 Å². The van der Waals surface area contributed by atoms with Crippen LogP contribution in [0.15, 0.2) is 54.9 Å². The zero-order chi connectivity index (χ0) is 32.0. The van der Waals surface area contributed by atoms with Crippen molar-refractivity contribution in [3.63, 3.8) is 0 Å². The number of nitrogens with one attached hydrogen (secondary N) is 2. The van der Waals surface area contributed by atoms with Crippen LogP contribution in [-0.2, 0) is 33.0 Å². The van der Waals surface area contributed by atoms with Gasteiger partial charge in [-0.25, -0.2) is 9.18 Å². The molecule has 11 nitrogen and oxygen atoms in total. The van der Waals surface area contributed by atoms with Gasteiger partial charge in [0, 0.05) is 31.8 Å². The molecule has 1 saturated heterocycles. The fourth-order valence-corrected chi connectivity index (χ4v) is 5.46. The molecule has 2 heterocycles. The predicted molar refractivity (Wildman–Crippen MR) is 146 cm³/mol. The molecule has 0 radical (unpaired) electrons. The van der Waals surface area contributed by atoms with E-state index in [1.165, 1.54) is 30.1 Å². The Morgan fingerprint density at radius 1 is 1.16 bits per heavy atom. The highest BCUT2D eigenvalue weighted by molar-refractivity contribution is 6.10. The van der Waals surface area contributed by atoms with Gasteiger partial charge >= 0.3 is 12.2 Å². The quantitative estimate of drug-likeness (QED) is 0.263. The molecule has 232 valence electrons. The van der Waals surface area contributed by atoms with E-state index in [0.29, 0.717) is 26.5 Å². The van der Waals surface area contributed by atoms with Gasteiger partial charge in [0.05, 0.1) is 12.3 Å². The minimum absolute atomic E-state index is 0.00859. The Morgan fingerprint density at radius 2 is 1.86 bits per heavy atom. The number of hydrogen-bond donors (Lipinski definition) is 3. The first kappa shape index (κ1) is 30.7. The molecule has 44 heavy (non-hydrogen) atoms. The number of aromatic nitrogens is 2. The Kier molecular flexibility index (Phi) is 7.92. The lowest BCUT2D eigenvalue weighted by Crippen LogP contribution is -2.51. The van der Waals surface area contributed by atoms with Gasteiger partial charge in [-0.15, -0.1) is 0 Å². The zero-order valence-corrected chi connectivity index (χ0v) is 23.6. The smallest absolute Gasteiger partial charge is 0.388 e. The van der Waals surface area contributed by atoms with Crippen molar-refractivity contribution in [2.75, 3.05) is 13.6 Å². The molecule has 3 N–H and O–H groups in total. The SMILES string of the molecule is CNC(=O)Cn1cc(-c2ccc3c(c2)[C@@H](O)C[C@]32NC(=O)N(CC(=O)N(Cc3ccc(F)cc3)C(C)C(F)(F)F)C2=O)cn1. The molecule has 3 atom stereocenters. The van der Waals surface area contributed by atoms with Crippen LogP contribution in [0.1, 0.15) is 36.1 Å². The Hall–Kier alpha value is -4.79. The second-order valence-corrected chi connectivity index (χ2v) is 10.7. The van der Waals surface area contributed by atoms with Gasteiger partial charge in [0.15, 0.2) is 0 Å². The molecule has 5 amide bonds. The normalized spacial score (nSPS) is 20.1. The summed E-state index contributed by atoms with van der Waals surface area (Å²) in [5.41, 5.74) is 0.347. The molecular weight excluding hydrogens is 588 g/mol. The summed E-state index contributed by atoms with van der Waals surface area (Å²) in [6.07, 6.45) is -3.11. The highest BCUT2D eigenvalue weighted by Gasteiger charge is 2.58. The van der Waals surface area contributed by atoms with E-state index in [-0.39, 0.29) is 30.0 Å². The minimum atomic E-state index is -4.82. The number of fused-ring (bicyclic) bond motifs is 2. The second kappa shape index (κ2) is 11.4. The predicted octanol–water partition coefficient (Wildman–Crippen LogP) is 2.60. The van der Waals surface area contributed by atoms with Crippen LogP contribution in [0.25, 0.3) is 11.1 Å². The number of amides is 5. The van der Waals surface area contributed by atoms with E-state index in [1.807, 2.05) is 0 Å². The van der Waals surface area contributed by atoms with Crippen molar-refractivity contribution < 1.29 is 41.8 Å². The molecule has 1 aliphatic heterocycles. The molecule has 1 aliphatic carbocycles. The molecule has 3 aromatic rings. The van der Waals surface area contributed by atoms with Gasteiger partial charge in [-0.2, -0.15) is 18.3 Å². The number of carbonyl (C=O) groups excluding carboxylic acids is 4. The van der Waals surface area contributed by atoms with Crippen LogP contribution in [0.5, 0.6) is 0 Å². The number of urea groups is 1. The standard InChI is InChI=1S/C29H28F4N6O5/c1-16(29(31,32)33)38(12-17-3-6-20(30)7-4-17)25(42)15-39-26(43)28(36-27(39)44)10-23(40)21-9-18(5-8-22(21)28)19-11-35-37(13-19)14-24(41)34-2/h3-9,11,13,16,23,40H,10,12,14-15H2,1-2H3,(H,34,41)(H,36,44)/t16?,23-,28-/m0/s1. The van der Waals surface area contributed by atoms with Gasteiger partial charge in [-0.1, -0.05) is 24.3 Å². The summed E-state index contributed by atoms with van der Waals surface area (Å²) < 4.78 is 55.9. The third-order valence-electron chi connectivity index (χ3n) is 7.92.